The molecule has 0 aliphatic carbocycles. The molecule has 2 aromatic rings. The highest BCUT2D eigenvalue weighted by Crippen LogP contribution is 2.45. The van der Waals surface area contributed by atoms with Crippen LogP contribution >= 0.6 is 11.6 Å². The molecule has 5 heteroatoms. The van der Waals surface area contributed by atoms with Gasteiger partial charge < -0.3 is 14.4 Å². The average Bonchev–Trinajstić information content (AvgIpc) is 2.93. The molecule has 0 radical (unpaired) electrons. The zero-order valence-corrected chi connectivity index (χ0v) is 13.4. The van der Waals surface area contributed by atoms with Crippen LogP contribution in [0.2, 0.25) is 5.02 Å². The third-order valence-electron chi connectivity index (χ3n) is 4.26. The number of hydrogen-bond donors (Lipinski definition) is 1. The fourth-order valence-corrected chi connectivity index (χ4v) is 3.41. The molecule has 116 valence electrons. The number of aromatic carboxylic acids is 1. The Labute approximate surface area is 134 Å². The van der Waals surface area contributed by atoms with Crippen LogP contribution in [0.5, 0.6) is 5.75 Å². The number of aromatic nitrogens is 1. The standard InChI is InChI=1S/C17H18ClNO3/c1-3-9-17(4-2)15-8-7-13(16(20)21)19(15)12-6-5-11(18)10-14(12)22-17/h5-8,10H,3-4,9H2,1-2H3,(H,20,21). The molecule has 2 heterocycles. The van der Waals surface area contributed by atoms with E-state index in [4.69, 9.17) is 16.3 Å². The van der Waals surface area contributed by atoms with Crippen LogP contribution in [0.1, 0.15) is 49.3 Å². The molecule has 1 unspecified atom stereocenters. The number of benzene rings is 1. The van der Waals surface area contributed by atoms with E-state index in [1.54, 1.807) is 28.8 Å². The molecule has 1 N–H and O–H groups in total. The second kappa shape index (κ2) is 5.36. The minimum absolute atomic E-state index is 0.246. The van der Waals surface area contributed by atoms with E-state index in [9.17, 15) is 9.90 Å². The Morgan fingerprint density at radius 2 is 2.09 bits per heavy atom. The van der Waals surface area contributed by atoms with E-state index in [1.165, 1.54) is 0 Å². The zero-order chi connectivity index (χ0) is 15.9. The predicted molar refractivity (Wildman–Crippen MR) is 85.2 cm³/mol. The van der Waals surface area contributed by atoms with E-state index in [0.29, 0.717) is 10.8 Å². The zero-order valence-electron chi connectivity index (χ0n) is 12.6. The van der Waals surface area contributed by atoms with E-state index >= 15 is 0 Å². The number of ether oxygens (including phenoxy) is 1. The number of carboxylic acids is 1. The minimum Gasteiger partial charge on any atom is -0.479 e. The number of carboxylic acid groups (broad SMARTS) is 1. The number of halogens is 1. The smallest absolute Gasteiger partial charge is 0.352 e. The molecule has 0 amide bonds. The van der Waals surface area contributed by atoms with E-state index in [1.807, 2.05) is 6.07 Å². The number of carbonyl (C=O) groups is 1. The van der Waals surface area contributed by atoms with Gasteiger partial charge in [-0.25, -0.2) is 4.79 Å². The molecule has 1 aliphatic heterocycles. The second-order valence-electron chi connectivity index (χ2n) is 5.56. The Morgan fingerprint density at radius 1 is 1.32 bits per heavy atom. The summed E-state index contributed by atoms with van der Waals surface area (Å²) in [5.74, 6) is -0.315. The number of fused-ring (bicyclic) bond motifs is 3. The van der Waals surface area contributed by atoms with Crippen molar-refractivity contribution < 1.29 is 14.6 Å². The molecule has 0 saturated heterocycles. The summed E-state index contributed by atoms with van der Waals surface area (Å²) < 4.78 is 8.10. The quantitative estimate of drug-likeness (QED) is 0.894. The molecule has 0 saturated carbocycles. The first-order valence-corrected chi connectivity index (χ1v) is 7.84. The maximum absolute atomic E-state index is 11.6. The van der Waals surface area contributed by atoms with E-state index in [2.05, 4.69) is 13.8 Å². The van der Waals surface area contributed by atoms with Gasteiger partial charge in [-0.05, 0) is 37.1 Å². The van der Waals surface area contributed by atoms with E-state index in [0.717, 1.165) is 30.6 Å². The van der Waals surface area contributed by atoms with Crippen LogP contribution in [-0.4, -0.2) is 15.6 Å². The molecule has 1 aromatic carbocycles. The maximum Gasteiger partial charge on any atom is 0.352 e. The van der Waals surface area contributed by atoms with Crippen LogP contribution in [0, 0.1) is 0 Å². The van der Waals surface area contributed by atoms with Crippen LogP contribution < -0.4 is 4.74 Å². The highest BCUT2D eigenvalue weighted by Gasteiger charge is 2.41. The largest absolute Gasteiger partial charge is 0.479 e. The molecule has 0 fully saturated rings. The Kier molecular flexibility index (Phi) is 3.65. The first-order valence-electron chi connectivity index (χ1n) is 7.47. The van der Waals surface area contributed by atoms with Crippen molar-refractivity contribution in [2.75, 3.05) is 0 Å². The minimum atomic E-state index is -0.949. The third kappa shape index (κ3) is 2.10. The predicted octanol–water partition coefficient (Wildman–Crippen LogP) is 4.63. The van der Waals surface area contributed by atoms with Crippen LogP contribution in [0.15, 0.2) is 30.3 Å². The van der Waals surface area contributed by atoms with Crippen molar-refractivity contribution in [3.05, 3.63) is 46.7 Å². The first-order chi connectivity index (χ1) is 10.5. The summed E-state index contributed by atoms with van der Waals surface area (Å²) in [5, 5.41) is 10.1. The van der Waals surface area contributed by atoms with Crippen LogP contribution in [-0.2, 0) is 5.60 Å². The monoisotopic (exact) mass is 319 g/mol. The van der Waals surface area contributed by atoms with Gasteiger partial charge in [0.15, 0.2) is 0 Å². The van der Waals surface area contributed by atoms with Crippen molar-refractivity contribution in [1.29, 1.82) is 0 Å². The SMILES string of the molecule is CCCC1(CC)Oc2cc(Cl)ccc2-n2c(C(=O)O)ccc21. The highest BCUT2D eigenvalue weighted by molar-refractivity contribution is 6.30. The van der Waals surface area contributed by atoms with Gasteiger partial charge in [-0.15, -0.1) is 0 Å². The van der Waals surface area contributed by atoms with Gasteiger partial charge in [0, 0.05) is 11.1 Å². The van der Waals surface area contributed by atoms with Gasteiger partial charge in [0.1, 0.15) is 17.0 Å². The lowest BCUT2D eigenvalue weighted by Gasteiger charge is -2.39. The summed E-state index contributed by atoms with van der Waals surface area (Å²) >= 11 is 6.09. The van der Waals surface area contributed by atoms with Crippen molar-refractivity contribution in [3.8, 4) is 11.4 Å². The summed E-state index contributed by atoms with van der Waals surface area (Å²) in [6.45, 7) is 4.16. The Balaban J connectivity index is 2.30. The fourth-order valence-electron chi connectivity index (χ4n) is 3.25. The van der Waals surface area contributed by atoms with Gasteiger partial charge in [-0.3, -0.25) is 0 Å². The van der Waals surface area contributed by atoms with Gasteiger partial charge in [-0.2, -0.15) is 0 Å². The van der Waals surface area contributed by atoms with Gasteiger partial charge in [0.2, 0.25) is 0 Å². The summed E-state index contributed by atoms with van der Waals surface area (Å²) in [6, 6.07) is 8.81. The first kappa shape index (κ1) is 15.0. The molecular formula is C17H18ClNO3. The normalized spacial score (nSPS) is 19.2. The number of hydrogen-bond acceptors (Lipinski definition) is 2. The van der Waals surface area contributed by atoms with Crippen LogP contribution in [0.3, 0.4) is 0 Å². The number of nitrogens with zero attached hydrogens (tertiary/aromatic N) is 1. The molecule has 4 nitrogen and oxygen atoms in total. The van der Waals surface area contributed by atoms with Crippen molar-refractivity contribution in [2.45, 2.75) is 38.7 Å². The summed E-state index contributed by atoms with van der Waals surface area (Å²) in [7, 11) is 0. The molecule has 1 atom stereocenters. The van der Waals surface area contributed by atoms with Gasteiger partial charge in [-0.1, -0.05) is 31.9 Å². The summed E-state index contributed by atoms with van der Waals surface area (Å²) in [4.78, 5) is 11.6. The number of rotatable bonds is 4. The molecule has 3 rings (SSSR count). The highest BCUT2D eigenvalue weighted by atomic mass is 35.5. The molecule has 22 heavy (non-hydrogen) atoms. The van der Waals surface area contributed by atoms with Crippen LogP contribution in [0.25, 0.3) is 5.69 Å². The van der Waals surface area contributed by atoms with Crippen molar-refractivity contribution in [1.82, 2.24) is 4.57 Å². The van der Waals surface area contributed by atoms with Crippen LogP contribution in [0.4, 0.5) is 0 Å². The Bertz CT molecular complexity index is 738. The molecule has 0 spiro atoms. The molecular weight excluding hydrogens is 302 g/mol. The maximum atomic E-state index is 11.6. The Hall–Kier alpha value is -1.94. The third-order valence-corrected chi connectivity index (χ3v) is 4.49. The van der Waals surface area contributed by atoms with Crippen molar-refractivity contribution >= 4 is 17.6 Å². The Morgan fingerprint density at radius 3 is 2.73 bits per heavy atom. The lowest BCUT2D eigenvalue weighted by Crippen LogP contribution is -2.38. The lowest BCUT2D eigenvalue weighted by molar-refractivity contribution is 0.0364. The average molecular weight is 320 g/mol. The van der Waals surface area contributed by atoms with Crippen molar-refractivity contribution in [3.63, 3.8) is 0 Å². The van der Waals surface area contributed by atoms with Gasteiger partial charge in [0.25, 0.3) is 0 Å². The fraction of sp³-hybridized carbons (Fsp3) is 0.353. The van der Waals surface area contributed by atoms with E-state index < -0.39 is 11.6 Å². The van der Waals surface area contributed by atoms with Crippen molar-refractivity contribution in [2.24, 2.45) is 0 Å². The van der Waals surface area contributed by atoms with Gasteiger partial charge >= 0.3 is 5.97 Å². The lowest BCUT2D eigenvalue weighted by atomic mass is 9.89. The van der Waals surface area contributed by atoms with Gasteiger partial charge in [0.05, 0.1) is 11.4 Å². The molecule has 1 aliphatic rings. The summed E-state index contributed by atoms with van der Waals surface area (Å²) in [6.07, 6.45) is 2.52. The summed E-state index contributed by atoms with van der Waals surface area (Å²) in [5.41, 5.74) is 1.35. The second-order valence-corrected chi connectivity index (χ2v) is 5.99. The molecule has 1 aromatic heterocycles. The topological polar surface area (TPSA) is 51.5 Å². The molecule has 0 bridgehead atoms. The van der Waals surface area contributed by atoms with E-state index in [-0.39, 0.29) is 5.69 Å².